The summed E-state index contributed by atoms with van der Waals surface area (Å²) in [6.07, 6.45) is 5.37. The van der Waals surface area contributed by atoms with Crippen molar-refractivity contribution in [3.8, 4) is 6.07 Å². The van der Waals surface area contributed by atoms with E-state index in [-0.39, 0.29) is 11.6 Å². The maximum atomic E-state index is 10.5. The van der Waals surface area contributed by atoms with E-state index in [0.29, 0.717) is 0 Å². The average Bonchev–Trinajstić information content (AvgIpc) is 2.39. The van der Waals surface area contributed by atoms with Crippen molar-refractivity contribution < 1.29 is 4.92 Å². The van der Waals surface area contributed by atoms with Crippen LogP contribution in [0, 0.1) is 21.4 Å². The summed E-state index contributed by atoms with van der Waals surface area (Å²) in [5.41, 5.74) is 0.945. The first-order valence-corrected chi connectivity index (χ1v) is 6.33. The molecule has 0 N–H and O–H groups in total. The van der Waals surface area contributed by atoms with Gasteiger partial charge in [0.25, 0.3) is 5.69 Å². The maximum absolute atomic E-state index is 10.5. The van der Waals surface area contributed by atoms with Gasteiger partial charge in [-0.05, 0) is 12.0 Å². The maximum Gasteiger partial charge on any atom is 0.269 e. The lowest BCUT2D eigenvalue weighted by molar-refractivity contribution is -0.384. The van der Waals surface area contributed by atoms with Gasteiger partial charge in [0.15, 0.2) is 0 Å². The smallest absolute Gasteiger partial charge is 0.258 e. The van der Waals surface area contributed by atoms with Crippen molar-refractivity contribution in [1.29, 1.82) is 5.26 Å². The number of benzene rings is 1. The average molecular weight is 246 g/mol. The number of hydrogen-bond donors (Lipinski definition) is 0. The molecule has 18 heavy (non-hydrogen) atoms. The minimum atomic E-state index is -0.424. The molecular formula is C14H18N2O2. The van der Waals surface area contributed by atoms with E-state index in [1.165, 1.54) is 25.0 Å². The normalized spacial score (nSPS) is 11.8. The molecule has 1 aromatic carbocycles. The predicted molar refractivity (Wildman–Crippen MR) is 70.2 cm³/mol. The van der Waals surface area contributed by atoms with Crippen molar-refractivity contribution in [2.75, 3.05) is 0 Å². The fourth-order valence-corrected chi connectivity index (χ4v) is 1.91. The van der Waals surface area contributed by atoms with Crippen LogP contribution in [-0.2, 0) is 0 Å². The number of non-ortho nitro benzene ring substituents is 1. The van der Waals surface area contributed by atoms with Gasteiger partial charge in [-0.1, -0.05) is 44.7 Å². The van der Waals surface area contributed by atoms with Crippen LogP contribution in [0.25, 0.3) is 0 Å². The first-order chi connectivity index (χ1) is 8.69. The lowest BCUT2D eigenvalue weighted by atomic mass is 9.94. The monoisotopic (exact) mass is 246 g/mol. The quantitative estimate of drug-likeness (QED) is 0.412. The van der Waals surface area contributed by atoms with E-state index in [2.05, 4.69) is 13.0 Å². The van der Waals surface area contributed by atoms with Gasteiger partial charge in [-0.25, -0.2) is 0 Å². The van der Waals surface area contributed by atoms with E-state index in [9.17, 15) is 10.1 Å². The van der Waals surface area contributed by atoms with Crippen molar-refractivity contribution in [3.05, 3.63) is 39.9 Å². The van der Waals surface area contributed by atoms with Crippen LogP contribution in [0.2, 0.25) is 0 Å². The molecule has 0 bridgehead atoms. The number of unbranched alkanes of at least 4 members (excludes halogenated alkanes) is 3. The number of nitro benzene ring substituents is 1. The minimum absolute atomic E-state index is 0.0708. The van der Waals surface area contributed by atoms with Gasteiger partial charge in [0.2, 0.25) is 0 Å². The van der Waals surface area contributed by atoms with Crippen LogP contribution in [0.1, 0.15) is 50.5 Å². The lowest BCUT2D eigenvalue weighted by Gasteiger charge is -2.08. The van der Waals surface area contributed by atoms with Crippen LogP contribution in [-0.4, -0.2) is 4.92 Å². The van der Waals surface area contributed by atoms with Crippen molar-refractivity contribution in [1.82, 2.24) is 0 Å². The summed E-state index contributed by atoms with van der Waals surface area (Å²) in [5.74, 6) is -0.150. The van der Waals surface area contributed by atoms with E-state index in [1.54, 1.807) is 12.1 Å². The number of nitriles is 1. The highest BCUT2D eigenvalue weighted by Crippen LogP contribution is 2.24. The third kappa shape index (κ3) is 4.17. The fraction of sp³-hybridized carbons (Fsp3) is 0.500. The molecule has 0 fully saturated rings. The van der Waals surface area contributed by atoms with Crippen LogP contribution < -0.4 is 0 Å². The Morgan fingerprint density at radius 1 is 1.28 bits per heavy atom. The molecule has 4 nitrogen and oxygen atoms in total. The summed E-state index contributed by atoms with van der Waals surface area (Å²) in [6, 6.07) is 8.57. The highest BCUT2D eigenvalue weighted by molar-refractivity contribution is 5.36. The molecule has 0 amide bonds. The second-order valence-electron chi connectivity index (χ2n) is 4.38. The molecule has 4 heteroatoms. The van der Waals surface area contributed by atoms with Crippen LogP contribution in [0.4, 0.5) is 5.69 Å². The topological polar surface area (TPSA) is 66.9 Å². The number of hydrogen-bond acceptors (Lipinski definition) is 3. The summed E-state index contributed by atoms with van der Waals surface area (Å²) >= 11 is 0. The molecular weight excluding hydrogens is 228 g/mol. The SMILES string of the molecule is CCCCCCC(C#N)c1ccc([N+](=O)[O-])cc1. The molecule has 0 saturated carbocycles. The van der Waals surface area contributed by atoms with Gasteiger partial charge in [-0.3, -0.25) is 10.1 Å². The summed E-state index contributed by atoms with van der Waals surface area (Å²) in [6.45, 7) is 2.15. The molecule has 1 atom stereocenters. The zero-order valence-corrected chi connectivity index (χ0v) is 10.6. The standard InChI is InChI=1S/C14H18N2O2/c1-2-3-4-5-6-13(11-15)12-7-9-14(10-8-12)16(17)18/h7-10,13H,2-6H2,1H3. The fourth-order valence-electron chi connectivity index (χ4n) is 1.91. The van der Waals surface area contributed by atoms with Crippen LogP contribution >= 0.6 is 0 Å². The zero-order valence-electron chi connectivity index (χ0n) is 10.6. The highest BCUT2D eigenvalue weighted by atomic mass is 16.6. The van der Waals surface area contributed by atoms with E-state index < -0.39 is 4.92 Å². The molecule has 0 aromatic heterocycles. The van der Waals surface area contributed by atoms with Gasteiger partial charge < -0.3 is 0 Å². The van der Waals surface area contributed by atoms with Crippen molar-refractivity contribution in [2.24, 2.45) is 0 Å². The van der Waals surface area contributed by atoms with E-state index in [4.69, 9.17) is 5.26 Å². The third-order valence-electron chi connectivity index (χ3n) is 3.01. The summed E-state index contributed by atoms with van der Waals surface area (Å²) in [7, 11) is 0. The van der Waals surface area contributed by atoms with E-state index in [1.807, 2.05) is 0 Å². The van der Waals surface area contributed by atoms with Gasteiger partial charge in [0.05, 0.1) is 16.9 Å². The molecule has 0 spiro atoms. The number of nitrogens with zero attached hydrogens (tertiary/aromatic N) is 2. The van der Waals surface area contributed by atoms with Gasteiger partial charge >= 0.3 is 0 Å². The second kappa shape index (κ2) is 7.44. The summed E-state index contributed by atoms with van der Waals surface area (Å²) in [4.78, 5) is 10.1. The molecule has 1 rings (SSSR count). The Morgan fingerprint density at radius 3 is 2.44 bits per heavy atom. The van der Waals surface area contributed by atoms with Crippen molar-refractivity contribution in [2.45, 2.75) is 44.9 Å². The van der Waals surface area contributed by atoms with Crippen molar-refractivity contribution in [3.63, 3.8) is 0 Å². The molecule has 0 radical (unpaired) electrons. The molecule has 0 saturated heterocycles. The lowest BCUT2D eigenvalue weighted by Crippen LogP contribution is -1.97. The van der Waals surface area contributed by atoms with Crippen LogP contribution in [0.3, 0.4) is 0 Å². The largest absolute Gasteiger partial charge is 0.269 e. The van der Waals surface area contributed by atoms with E-state index in [0.717, 1.165) is 24.8 Å². The Hall–Kier alpha value is -1.89. The molecule has 0 aliphatic heterocycles. The molecule has 0 heterocycles. The Balaban J connectivity index is 2.60. The Morgan fingerprint density at radius 2 is 1.94 bits per heavy atom. The zero-order chi connectivity index (χ0) is 13.4. The van der Waals surface area contributed by atoms with Gasteiger partial charge in [-0.2, -0.15) is 5.26 Å². The number of nitro groups is 1. The predicted octanol–water partition coefficient (Wildman–Crippen LogP) is 4.17. The Labute approximate surface area is 107 Å². The molecule has 96 valence electrons. The van der Waals surface area contributed by atoms with Gasteiger partial charge in [0.1, 0.15) is 0 Å². The van der Waals surface area contributed by atoms with Crippen molar-refractivity contribution >= 4 is 5.69 Å². The van der Waals surface area contributed by atoms with Gasteiger partial charge in [-0.15, -0.1) is 0 Å². The summed E-state index contributed by atoms with van der Waals surface area (Å²) in [5, 5.41) is 19.7. The molecule has 0 aliphatic rings. The number of rotatable bonds is 7. The molecule has 0 aliphatic carbocycles. The Kier molecular flexibility index (Phi) is 5.86. The molecule has 1 aromatic rings. The second-order valence-corrected chi connectivity index (χ2v) is 4.38. The first-order valence-electron chi connectivity index (χ1n) is 6.33. The van der Waals surface area contributed by atoms with Gasteiger partial charge in [0, 0.05) is 12.1 Å². The highest BCUT2D eigenvalue weighted by Gasteiger charge is 2.12. The minimum Gasteiger partial charge on any atom is -0.258 e. The third-order valence-corrected chi connectivity index (χ3v) is 3.01. The van der Waals surface area contributed by atoms with Crippen LogP contribution in [0.5, 0.6) is 0 Å². The van der Waals surface area contributed by atoms with Crippen LogP contribution in [0.15, 0.2) is 24.3 Å². The Bertz CT molecular complexity index is 420. The first kappa shape index (κ1) is 14.2. The summed E-state index contributed by atoms with van der Waals surface area (Å²) < 4.78 is 0. The van der Waals surface area contributed by atoms with E-state index >= 15 is 0 Å². The molecule has 1 unspecified atom stereocenters.